The molecule has 1 saturated heterocycles. The Morgan fingerprint density at radius 1 is 0.935 bits per heavy atom. The molecule has 0 unspecified atom stereocenters. The quantitative estimate of drug-likeness (QED) is 0.564. The van der Waals surface area contributed by atoms with Gasteiger partial charge in [0.05, 0.1) is 5.56 Å². The average Bonchev–Trinajstić information content (AvgIpc) is 2.77. The Bertz CT molecular complexity index is 993. The van der Waals surface area contributed by atoms with Gasteiger partial charge in [-0.3, -0.25) is 9.69 Å². The number of para-hydroxylation sites is 1. The van der Waals surface area contributed by atoms with E-state index in [1.165, 1.54) is 11.1 Å². The Morgan fingerprint density at radius 3 is 2.32 bits per heavy atom. The number of likely N-dealkylation sites (tertiary alicyclic amines) is 1. The van der Waals surface area contributed by atoms with E-state index in [1.54, 1.807) is 0 Å². The van der Waals surface area contributed by atoms with E-state index in [0.717, 1.165) is 25.2 Å². The summed E-state index contributed by atoms with van der Waals surface area (Å²) in [6.45, 7) is 7.59. The van der Waals surface area contributed by atoms with Crippen molar-refractivity contribution >= 4 is 5.91 Å². The molecule has 1 heterocycles. The number of carbonyl (C=O) groups is 1. The second-order valence-electron chi connectivity index (χ2n) is 8.49. The molecule has 0 bridgehead atoms. The first kappa shape index (κ1) is 21.1. The molecule has 4 nitrogen and oxygen atoms in total. The number of carbonyl (C=O) groups excluding carboxylic acids is 1. The molecule has 0 aliphatic carbocycles. The van der Waals surface area contributed by atoms with Crippen molar-refractivity contribution in [2.24, 2.45) is 0 Å². The van der Waals surface area contributed by atoms with Gasteiger partial charge in [0.1, 0.15) is 11.9 Å². The van der Waals surface area contributed by atoms with Crippen LogP contribution in [0.5, 0.6) is 5.75 Å². The minimum Gasteiger partial charge on any atom is -0.487 e. The van der Waals surface area contributed by atoms with Gasteiger partial charge in [0.15, 0.2) is 0 Å². The van der Waals surface area contributed by atoms with Crippen LogP contribution in [0.25, 0.3) is 0 Å². The zero-order valence-electron chi connectivity index (χ0n) is 18.3. The second kappa shape index (κ2) is 9.80. The van der Waals surface area contributed by atoms with Crippen LogP contribution < -0.4 is 10.1 Å². The molecule has 1 fully saturated rings. The summed E-state index contributed by atoms with van der Waals surface area (Å²) in [7, 11) is 0. The van der Waals surface area contributed by atoms with Crippen molar-refractivity contribution in [1.29, 1.82) is 0 Å². The highest BCUT2D eigenvalue weighted by Gasteiger charge is 2.29. The number of hydrogen-bond donors (Lipinski definition) is 1. The van der Waals surface area contributed by atoms with Crippen LogP contribution in [0.1, 0.15) is 46.8 Å². The zero-order valence-corrected chi connectivity index (χ0v) is 18.3. The summed E-state index contributed by atoms with van der Waals surface area (Å²) in [5.74, 6) is 1.10. The van der Waals surface area contributed by atoms with Crippen LogP contribution >= 0.6 is 0 Å². The van der Waals surface area contributed by atoms with Gasteiger partial charge in [0, 0.05) is 26.2 Å². The highest BCUT2D eigenvalue weighted by atomic mass is 16.5. The number of rotatable bonds is 8. The number of nitrogens with zero attached hydrogens (tertiary/aromatic N) is 1. The lowest BCUT2D eigenvalue weighted by atomic mass is 10.0. The summed E-state index contributed by atoms with van der Waals surface area (Å²) < 4.78 is 6.17. The lowest BCUT2D eigenvalue weighted by Gasteiger charge is -2.39. The monoisotopic (exact) mass is 414 g/mol. The van der Waals surface area contributed by atoms with Gasteiger partial charge in [0.25, 0.3) is 5.91 Å². The van der Waals surface area contributed by atoms with Gasteiger partial charge in [-0.15, -0.1) is 0 Å². The topological polar surface area (TPSA) is 41.6 Å². The van der Waals surface area contributed by atoms with Crippen LogP contribution in [-0.2, 0) is 13.1 Å². The molecular formula is C27H30N2O2. The maximum absolute atomic E-state index is 12.7. The summed E-state index contributed by atoms with van der Waals surface area (Å²) in [5, 5.41) is 2.99. The van der Waals surface area contributed by atoms with E-state index in [9.17, 15) is 4.79 Å². The maximum Gasteiger partial charge on any atom is 0.255 e. The Hall–Kier alpha value is -3.11. The van der Waals surface area contributed by atoms with E-state index >= 15 is 0 Å². The van der Waals surface area contributed by atoms with Gasteiger partial charge < -0.3 is 10.1 Å². The molecule has 0 atom stereocenters. The van der Waals surface area contributed by atoms with E-state index in [-0.39, 0.29) is 12.0 Å². The molecule has 1 amide bonds. The predicted molar refractivity (Wildman–Crippen MR) is 124 cm³/mol. The highest BCUT2D eigenvalue weighted by molar-refractivity contribution is 5.96. The number of benzene rings is 3. The first-order valence-electron chi connectivity index (χ1n) is 11.0. The summed E-state index contributed by atoms with van der Waals surface area (Å²) >= 11 is 0. The number of ether oxygens (including phenoxy) is 1. The summed E-state index contributed by atoms with van der Waals surface area (Å²) in [4.78, 5) is 15.1. The van der Waals surface area contributed by atoms with Crippen molar-refractivity contribution in [3.8, 4) is 5.75 Å². The molecule has 0 spiro atoms. The van der Waals surface area contributed by atoms with Gasteiger partial charge in [0.2, 0.25) is 0 Å². The van der Waals surface area contributed by atoms with Crippen molar-refractivity contribution < 1.29 is 9.53 Å². The van der Waals surface area contributed by atoms with E-state index in [0.29, 0.717) is 23.8 Å². The molecule has 1 aliphatic rings. The third-order valence-corrected chi connectivity index (χ3v) is 5.70. The van der Waals surface area contributed by atoms with E-state index in [2.05, 4.69) is 48.3 Å². The van der Waals surface area contributed by atoms with Gasteiger partial charge in [-0.25, -0.2) is 0 Å². The van der Waals surface area contributed by atoms with Crippen molar-refractivity contribution in [3.63, 3.8) is 0 Å². The smallest absolute Gasteiger partial charge is 0.255 e. The molecule has 160 valence electrons. The van der Waals surface area contributed by atoms with Gasteiger partial charge in [-0.05, 0) is 34.7 Å². The van der Waals surface area contributed by atoms with Crippen LogP contribution in [0.15, 0.2) is 78.9 Å². The normalized spacial score (nSPS) is 14.3. The van der Waals surface area contributed by atoms with Crippen molar-refractivity contribution in [3.05, 3.63) is 101 Å². The SMILES string of the molecule is CC(C)c1ccc(CN2CC(Oc3ccccc3C(=O)NCc3ccccc3)C2)cc1. The Morgan fingerprint density at radius 2 is 1.61 bits per heavy atom. The van der Waals surface area contributed by atoms with E-state index in [1.807, 2.05) is 54.6 Å². The van der Waals surface area contributed by atoms with E-state index in [4.69, 9.17) is 4.74 Å². The van der Waals surface area contributed by atoms with Crippen molar-refractivity contribution in [1.82, 2.24) is 10.2 Å². The van der Waals surface area contributed by atoms with Crippen LogP contribution in [0.4, 0.5) is 0 Å². The van der Waals surface area contributed by atoms with Crippen molar-refractivity contribution in [2.75, 3.05) is 13.1 Å². The fraction of sp³-hybridized carbons (Fsp3) is 0.296. The molecule has 0 aromatic heterocycles. The third kappa shape index (κ3) is 5.53. The number of hydrogen-bond acceptors (Lipinski definition) is 3. The standard InChI is InChI=1S/C27H30N2O2/c1-20(2)23-14-12-22(13-15-23)17-29-18-24(19-29)31-26-11-7-6-10-25(26)27(30)28-16-21-8-4-3-5-9-21/h3-15,20,24H,16-19H2,1-2H3,(H,28,30). The first-order chi connectivity index (χ1) is 15.1. The molecule has 1 aliphatic heterocycles. The molecule has 0 radical (unpaired) electrons. The largest absolute Gasteiger partial charge is 0.487 e. The number of nitrogens with one attached hydrogen (secondary N) is 1. The minimum atomic E-state index is -0.110. The molecule has 1 N–H and O–H groups in total. The van der Waals surface area contributed by atoms with Gasteiger partial charge >= 0.3 is 0 Å². The highest BCUT2D eigenvalue weighted by Crippen LogP contribution is 2.24. The van der Waals surface area contributed by atoms with E-state index < -0.39 is 0 Å². The van der Waals surface area contributed by atoms with Crippen LogP contribution in [0.2, 0.25) is 0 Å². The Balaban J connectivity index is 1.29. The average molecular weight is 415 g/mol. The second-order valence-corrected chi connectivity index (χ2v) is 8.49. The van der Waals surface area contributed by atoms with Crippen LogP contribution in [0.3, 0.4) is 0 Å². The van der Waals surface area contributed by atoms with Crippen molar-refractivity contribution in [2.45, 2.75) is 39.0 Å². The fourth-order valence-corrected chi connectivity index (χ4v) is 3.80. The third-order valence-electron chi connectivity index (χ3n) is 5.70. The lowest BCUT2D eigenvalue weighted by molar-refractivity contribution is 0.0140. The summed E-state index contributed by atoms with van der Waals surface area (Å²) in [6.07, 6.45) is 0.109. The molecular weight excluding hydrogens is 384 g/mol. The molecule has 4 rings (SSSR count). The minimum absolute atomic E-state index is 0.109. The molecule has 31 heavy (non-hydrogen) atoms. The first-order valence-corrected chi connectivity index (χ1v) is 11.0. The summed E-state index contributed by atoms with van der Waals surface area (Å²) in [6, 6.07) is 26.3. The maximum atomic E-state index is 12.7. The van der Waals surface area contributed by atoms with Crippen LogP contribution in [-0.4, -0.2) is 30.0 Å². The Kier molecular flexibility index (Phi) is 6.68. The molecule has 3 aromatic rings. The molecule has 4 heteroatoms. The zero-order chi connectivity index (χ0) is 21.6. The Labute approximate surface area is 184 Å². The number of amides is 1. The van der Waals surface area contributed by atoms with Crippen LogP contribution in [0, 0.1) is 0 Å². The predicted octanol–water partition coefficient (Wildman–Crippen LogP) is 5.00. The van der Waals surface area contributed by atoms with Gasteiger partial charge in [-0.2, -0.15) is 0 Å². The summed E-state index contributed by atoms with van der Waals surface area (Å²) in [5.41, 5.74) is 4.35. The molecule has 3 aromatic carbocycles. The lowest BCUT2D eigenvalue weighted by Crippen LogP contribution is -2.53. The fourth-order valence-electron chi connectivity index (χ4n) is 3.80. The molecule has 0 saturated carbocycles. The van der Waals surface area contributed by atoms with Gasteiger partial charge in [-0.1, -0.05) is 80.6 Å².